The molecule has 0 fully saturated rings. The van der Waals surface area contributed by atoms with Gasteiger partial charge in [-0.1, -0.05) is 0 Å². The summed E-state index contributed by atoms with van der Waals surface area (Å²) in [5.41, 5.74) is -0.737. The van der Waals surface area contributed by atoms with Gasteiger partial charge in [-0.25, -0.2) is 0 Å². The third-order valence-electron chi connectivity index (χ3n) is 1.03. The molecule has 1 heterocycles. The first kappa shape index (κ1) is 7.18. The Balaban J connectivity index is 2.73. The molecule has 1 aliphatic rings. The van der Waals surface area contributed by atoms with Crippen molar-refractivity contribution in [3.8, 4) is 0 Å². The normalized spacial score (nSPS) is 18.1. The number of hydrogen-bond acceptors (Lipinski definition) is 1. The number of halogens is 3. The highest BCUT2D eigenvalue weighted by molar-refractivity contribution is 5.23. The molecule has 4 heteroatoms. The first-order valence-electron chi connectivity index (χ1n) is 2.66. The van der Waals surface area contributed by atoms with Crippen LogP contribution < -0.4 is 0 Å². The van der Waals surface area contributed by atoms with Crippen molar-refractivity contribution in [1.82, 2.24) is 0 Å². The highest BCUT2D eigenvalue weighted by atomic mass is 19.4. The predicted octanol–water partition coefficient (Wildman–Crippen LogP) is 2.02. The predicted molar refractivity (Wildman–Crippen MR) is 29.2 cm³/mol. The Morgan fingerprint density at radius 3 is 2.40 bits per heavy atom. The molecule has 56 valence electrons. The van der Waals surface area contributed by atoms with Crippen LogP contribution in [0.25, 0.3) is 0 Å². The Bertz CT molecular complexity index is 178. The van der Waals surface area contributed by atoms with Crippen LogP contribution >= 0.6 is 0 Å². The van der Waals surface area contributed by atoms with Crippen molar-refractivity contribution < 1.29 is 17.9 Å². The zero-order valence-corrected chi connectivity index (χ0v) is 4.98. The number of hydrogen-bond donors (Lipinski definition) is 0. The van der Waals surface area contributed by atoms with Gasteiger partial charge >= 0.3 is 6.18 Å². The molecule has 10 heavy (non-hydrogen) atoms. The van der Waals surface area contributed by atoms with Crippen molar-refractivity contribution in [2.24, 2.45) is 0 Å². The largest absolute Gasteiger partial charge is 0.496 e. The highest BCUT2D eigenvalue weighted by Gasteiger charge is 2.32. The van der Waals surface area contributed by atoms with Gasteiger partial charge in [-0.2, -0.15) is 13.2 Å². The SMILES string of the molecule is FC(F)(F)C1=COCC=C1. The molecule has 0 saturated carbocycles. The van der Waals surface area contributed by atoms with Gasteiger partial charge in [0.1, 0.15) is 6.61 Å². The lowest BCUT2D eigenvalue weighted by Gasteiger charge is -2.10. The summed E-state index contributed by atoms with van der Waals surface area (Å²) in [7, 11) is 0. The zero-order valence-electron chi connectivity index (χ0n) is 4.98. The van der Waals surface area contributed by atoms with Crippen molar-refractivity contribution in [1.29, 1.82) is 0 Å². The molecule has 0 radical (unpaired) electrons. The second-order valence-electron chi connectivity index (χ2n) is 1.81. The van der Waals surface area contributed by atoms with Crippen molar-refractivity contribution in [3.05, 3.63) is 24.0 Å². The number of allylic oxidation sites excluding steroid dienone is 2. The van der Waals surface area contributed by atoms with Gasteiger partial charge in [-0.15, -0.1) is 0 Å². The van der Waals surface area contributed by atoms with E-state index >= 15 is 0 Å². The van der Waals surface area contributed by atoms with Crippen molar-refractivity contribution in [2.75, 3.05) is 6.61 Å². The topological polar surface area (TPSA) is 9.23 Å². The van der Waals surface area contributed by atoms with Gasteiger partial charge in [0.2, 0.25) is 0 Å². The number of ether oxygens (including phenoxy) is 1. The van der Waals surface area contributed by atoms with E-state index in [1.807, 2.05) is 0 Å². The molecule has 0 saturated heterocycles. The lowest BCUT2D eigenvalue weighted by atomic mass is 10.2. The molecule has 0 bridgehead atoms. The Morgan fingerprint density at radius 2 is 2.10 bits per heavy atom. The van der Waals surface area contributed by atoms with Gasteiger partial charge in [0, 0.05) is 0 Å². The van der Waals surface area contributed by atoms with Crippen molar-refractivity contribution in [2.45, 2.75) is 6.18 Å². The van der Waals surface area contributed by atoms with E-state index in [-0.39, 0.29) is 6.61 Å². The van der Waals surface area contributed by atoms with E-state index in [2.05, 4.69) is 4.74 Å². The summed E-state index contributed by atoms with van der Waals surface area (Å²) in [4.78, 5) is 0. The van der Waals surface area contributed by atoms with E-state index in [1.165, 1.54) is 6.08 Å². The van der Waals surface area contributed by atoms with Crippen LogP contribution in [0.4, 0.5) is 13.2 Å². The molecule has 0 atom stereocenters. The quantitative estimate of drug-likeness (QED) is 0.513. The molecule has 1 aliphatic heterocycles. The van der Waals surface area contributed by atoms with Crippen molar-refractivity contribution >= 4 is 0 Å². The summed E-state index contributed by atoms with van der Waals surface area (Å²) < 4.78 is 39.7. The fraction of sp³-hybridized carbons (Fsp3) is 0.333. The summed E-state index contributed by atoms with van der Waals surface area (Å²) in [6.45, 7) is 0.222. The summed E-state index contributed by atoms with van der Waals surface area (Å²) in [6.07, 6.45) is -1.23. The summed E-state index contributed by atoms with van der Waals surface area (Å²) in [5, 5.41) is 0. The van der Waals surface area contributed by atoms with Crippen LogP contribution in [0.5, 0.6) is 0 Å². The fourth-order valence-corrected chi connectivity index (χ4v) is 0.569. The minimum absolute atomic E-state index is 0.222. The van der Waals surface area contributed by atoms with Gasteiger partial charge in [0.05, 0.1) is 11.8 Å². The Labute approximate surface area is 55.8 Å². The highest BCUT2D eigenvalue weighted by Crippen LogP contribution is 2.27. The van der Waals surface area contributed by atoms with Crippen LogP contribution in [-0.4, -0.2) is 12.8 Å². The zero-order chi connectivity index (χ0) is 7.61. The van der Waals surface area contributed by atoms with Gasteiger partial charge in [0.25, 0.3) is 0 Å². The van der Waals surface area contributed by atoms with E-state index in [9.17, 15) is 13.2 Å². The summed E-state index contributed by atoms with van der Waals surface area (Å²) in [6, 6.07) is 0. The molecule has 1 nitrogen and oxygen atoms in total. The Morgan fingerprint density at radius 1 is 1.40 bits per heavy atom. The van der Waals surface area contributed by atoms with Gasteiger partial charge in [0.15, 0.2) is 0 Å². The van der Waals surface area contributed by atoms with E-state index in [1.54, 1.807) is 0 Å². The molecule has 0 aromatic rings. The molecule has 0 aromatic heterocycles. The molecule has 1 rings (SSSR count). The summed E-state index contributed by atoms with van der Waals surface area (Å²) in [5.74, 6) is 0. The number of alkyl halides is 3. The van der Waals surface area contributed by atoms with E-state index < -0.39 is 11.7 Å². The fourth-order valence-electron chi connectivity index (χ4n) is 0.569. The molecular formula is C6H5F3O. The lowest BCUT2D eigenvalue weighted by Crippen LogP contribution is -2.12. The minimum atomic E-state index is -4.28. The monoisotopic (exact) mass is 150 g/mol. The minimum Gasteiger partial charge on any atom is -0.496 e. The third kappa shape index (κ3) is 1.52. The smallest absolute Gasteiger partial charge is 0.419 e. The second-order valence-corrected chi connectivity index (χ2v) is 1.81. The molecule has 0 spiro atoms. The van der Waals surface area contributed by atoms with Gasteiger partial charge in [-0.05, 0) is 12.2 Å². The molecule has 0 N–H and O–H groups in total. The van der Waals surface area contributed by atoms with Gasteiger partial charge < -0.3 is 4.74 Å². The standard InChI is InChI=1S/C6H5F3O/c7-6(8,9)5-2-1-3-10-4-5/h1-2,4H,3H2. The lowest BCUT2D eigenvalue weighted by molar-refractivity contribution is -0.0907. The van der Waals surface area contributed by atoms with Crippen LogP contribution in [-0.2, 0) is 4.74 Å². The molecule has 0 amide bonds. The van der Waals surface area contributed by atoms with Crippen LogP contribution in [0.3, 0.4) is 0 Å². The first-order chi connectivity index (χ1) is 4.61. The maximum absolute atomic E-state index is 11.7. The van der Waals surface area contributed by atoms with Crippen LogP contribution in [0.2, 0.25) is 0 Å². The summed E-state index contributed by atoms with van der Waals surface area (Å²) >= 11 is 0. The van der Waals surface area contributed by atoms with Crippen LogP contribution in [0.1, 0.15) is 0 Å². The number of rotatable bonds is 0. The van der Waals surface area contributed by atoms with Crippen LogP contribution in [0, 0.1) is 0 Å². The maximum atomic E-state index is 11.7. The average Bonchev–Trinajstić information content (AvgIpc) is 1.88. The first-order valence-corrected chi connectivity index (χ1v) is 2.66. The third-order valence-corrected chi connectivity index (χ3v) is 1.03. The molecule has 0 aliphatic carbocycles. The Kier molecular flexibility index (Phi) is 1.70. The molecular weight excluding hydrogens is 145 g/mol. The van der Waals surface area contributed by atoms with Crippen LogP contribution in [0.15, 0.2) is 24.0 Å². The van der Waals surface area contributed by atoms with E-state index in [4.69, 9.17) is 0 Å². The van der Waals surface area contributed by atoms with Crippen molar-refractivity contribution in [3.63, 3.8) is 0 Å². The van der Waals surface area contributed by atoms with E-state index in [0.717, 1.165) is 12.3 Å². The molecule has 0 aromatic carbocycles. The average molecular weight is 150 g/mol. The van der Waals surface area contributed by atoms with Gasteiger partial charge in [-0.3, -0.25) is 0 Å². The maximum Gasteiger partial charge on any atom is 0.419 e. The Hall–Kier alpha value is -0.930. The second kappa shape index (κ2) is 2.36. The molecule has 0 unspecified atom stereocenters. The van der Waals surface area contributed by atoms with E-state index in [0.29, 0.717) is 0 Å².